The molecule has 0 spiro atoms. The summed E-state index contributed by atoms with van der Waals surface area (Å²) in [6.45, 7) is 7.17. The van der Waals surface area contributed by atoms with Gasteiger partial charge in [0.25, 0.3) is 0 Å². The number of unbranched alkanes of at least 4 members (excludes halogenated alkanes) is 12. The van der Waals surface area contributed by atoms with Gasteiger partial charge in [0.15, 0.2) is 0 Å². The predicted octanol–water partition coefficient (Wildman–Crippen LogP) is 8.16. The molecule has 0 saturated heterocycles. The summed E-state index contributed by atoms with van der Waals surface area (Å²) in [7, 11) is 0. The second-order valence-electron chi connectivity index (χ2n) is 9.09. The van der Waals surface area contributed by atoms with Crippen molar-refractivity contribution in [3.05, 3.63) is 0 Å². The molecular weight excluding hydrogens is 388 g/mol. The van der Waals surface area contributed by atoms with E-state index in [9.17, 15) is 9.59 Å². The number of carbonyl (C=O) groups is 2. The third kappa shape index (κ3) is 21.9. The molecule has 184 valence electrons. The highest BCUT2D eigenvalue weighted by molar-refractivity contribution is 5.72. The molecule has 1 rings (SSSR count). The third-order valence-electron chi connectivity index (χ3n) is 5.98. The Hall–Kier alpha value is -1.06. The van der Waals surface area contributed by atoms with Crippen LogP contribution in [0.5, 0.6) is 0 Å². The van der Waals surface area contributed by atoms with Crippen LogP contribution in [0.25, 0.3) is 0 Å². The van der Waals surface area contributed by atoms with E-state index in [1.54, 1.807) is 0 Å². The first kappa shape index (κ1) is 29.9. The van der Waals surface area contributed by atoms with Gasteiger partial charge in [-0.3, -0.25) is 9.59 Å². The molecule has 0 aromatic heterocycles. The number of rotatable bonds is 17. The van der Waals surface area contributed by atoms with Crippen LogP contribution in [-0.4, -0.2) is 25.2 Å². The SMILES string of the molecule is CCCCCCCCCOC(=O)C1CCCCC1.CCCCCCCCCOC(C)=O. The molecular formula is C27H52O4. The molecule has 0 aromatic carbocycles. The number of esters is 2. The smallest absolute Gasteiger partial charge is 0.308 e. The molecule has 31 heavy (non-hydrogen) atoms. The highest BCUT2D eigenvalue weighted by Crippen LogP contribution is 2.24. The third-order valence-corrected chi connectivity index (χ3v) is 5.98. The van der Waals surface area contributed by atoms with E-state index < -0.39 is 0 Å². The molecule has 1 saturated carbocycles. The van der Waals surface area contributed by atoms with E-state index in [1.165, 1.54) is 103 Å². The molecule has 0 amide bonds. The Labute approximate surface area is 193 Å². The molecule has 1 aliphatic rings. The first-order chi connectivity index (χ1) is 15.1. The van der Waals surface area contributed by atoms with Gasteiger partial charge in [-0.15, -0.1) is 0 Å². The molecule has 0 unspecified atom stereocenters. The van der Waals surface area contributed by atoms with Crippen LogP contribution in [-0.2, 0) is 19.1 Å². The van der Waals surface area contributed by atoms with Crippen molar-refractivity contribution in [1.29, 1.82) is 0 Å². The van der Waals surface area contributed by atoms with Crippen molar-refractivity contribution in [2.24, 2.45) is 5.92 Å². The van der Waals surface area contributed by atoms with Crippen molar-refractivity contribution < 1.29 is 19.1 Å². The second-order valence-corrected chi connectivity index (χ2v) is 9.09. The van der Waals surface area contributed by atoms with E-state index in [1.807, 2.05) is 0 Å². The van der Waals surface area contributed by atoms with Gasteiger partial charge in [-0.25, -0.2) is 0 Å². The lowest BCUT2D eigenvalue weighted by atomic mass is 9.89. The van der Waals surface area contributed by atoms with Crippen molar-refractivity contribution >= 4 is 11.9 Å². The zero-order valence-electron chi connectivity index (χ0n) is 21.1. The summed E-state index contributed by atoms with van der Waals surface area (Å²) >= 11 is 0. The molecule has 0 bridgehead atoms. The maximum absolute atomic E-state index is 11.7. The topological polar surface area (TPSA) is 52.6 Å². The van der Waals surface area contributed by atoms with Crippen molar-refractivity contribution in [2.45, 2.75) is 143 Å². The minimum Gasteiger partial charge on any atom is -0.466 e. The van der Waals surface area contributed by atoms with E-state index in [2.05, 4.69) is 13.8 Å². The molecule has 0 N–H and O–H groups in total. The van der Waals surface area contributed by atoms with Crippen LogP contribution in [0.1, 0.15) is 143 Å². The monoisotopic (exact) mass is 440 g/mol. The molecule has 0 heterocycles. The van der Waals surface area contributed by atoms with E-state index in [0.29, 0.717) is 13.2 Å². The minimum absolute atomic E-state index is 0.0701. The second kappa shape index (κ2) is 23.6. The maximum atomic E-state index is 11.7. The molecule has 4 heteroatoms. The molecule has 4 nitrogen and oxygen atoms in total. The Morgan fingerprint density at radius 2 is 1.03 bits per heavy atom. The summed E-state index contributed by atoms with van der Waals surface area (Å²) < 4.78 is 10.2. The van der Waals surface area contributed by atoms with Crippen LogP contribution in [0.4, 0.5) is 0 Å². The molecule has 0 atom stereocenters. The predicted molar refractivity (Wildman–Crippen MR) is 130 cm³/mol. The van der Waals surface area contributed by atoms with E-state index >= 15 is 0 Å². The summed E-state index contributed by atoms with van der Waals surface area (Å²) in [5.74, 6) is 0.120. The number of ether oxygens (including phenoxy) is 2. The van der Waals surface area contributed by atoms with Gasteiger partial charge in [-0.2, -0.15) is 0 Å². The molecule has 1 aliphatic carbocycles. The van der Waals surface area contributed by atoms with Gasteiger partial charge in [0.1, 0.15) is 0 Å². The Morgan fingerprint density at radius 1 is 0.613 bits per heavy atom. The average Bonchev–Trinajstić information content (AvgIpc) is 2.78. The van der Waals surface area contributed by atoms with Crippen LogP contribution in [0.15, 0.2) is 0 Å². The van der Waals surface area contributed by atoms with Gasteiger partial charge in [-0.1, -0.05) is 110 Å². The van der Waals surface area contributed by atoms with Crippen molar-refractivity contribution in [3.8, 4) is 0 Å². The van der Waals surface area contributed by atoms with Crippen LogP contribution in [0.3, 0.4) is 0 Å². The van der Waals surface area contributed by atoms with E-state index in [4.69, 9.17) is 9.47 Å². The lowest BCUT2D eigenvalue weighted by Gasteiger charge is -2.19. The van der Waals surface area contributed by atoms with Crippen LogP contribution >= 0.6 is 0 Å². The zero-order valence-corrected chi connectivity index (χ0v) is 21.1. The highest BCUT2D eigenvalue weighted by Gasteiger charge is 2.21. The molecule has 0 radical (unpaired) electrons. The zero-order chi connectivity index (χ0) is 23.0. The Morgan fingerprint density at radius 3 is 1.48 bits per heavy atom. The fourth-order valence-corrected chi connectivity index (χ4v) is 3.96. The number of hydrogen-bond acceptors (Lipinski definition) is 4. The summed E-state index contributed by atoms with van der Waals surface area (Å²) in [4.78, 5) is 22.1. The fraction of sp³-hybridized carbons (Fsp3) is 0.926. The fourth-order valence-electron chi connectivity index (χ4n) is 3.96. The summed E-state index contributed by atoms with van der Waals surface area (Å²) in [5, 5.41) is 0. The molecule has 0 aromatic rings. The van der Waals surface area contributed by atoms with Crippen LogP contribution in [0.2, 0.25) is 0 Å². The van der Waals surface area contributed by atoms with Gasteiger partial charge in [0.05, 0.1) is 19.1 Å². The standard InChI is InChI=1S/C16H30O2.C11H22O2/c1-2-3-4-5-6-7-11-14-18-16(17)15-12-9-8-10-13-15;1-3-4-5-6-7-8-9-10-13-11(2)12/h15H,2-14H2,1H3;3-10H2,1-2H3. The Bertz CT molecular complexity index is 402. The average molecular weight is 441 g/mol. The lowest BCUT2D eigenvalue weighted by Crippen LogP contribution is -2.20. The summed E-state index contributed by atoms with van der Waals surface area (Å²) in [5.41, 5.74) is 0. The maximum Gasteiger partial charge on any atom is 0.308 e. The Balaban J connectivity index is 0.000000615. The largest absolute Gasteiger partial charge is 0.466 e. The van der Waals surface area contributed by atoms with Crippen molar-refractivity contribution in [3.63, 3.8) is 0 Å². The Kier molecular flexibility index (Phi) is 22.8. The molecule has 0 aliphatic heterocycles. The van der Waals surface area contributed by atoms with Crippen molar-refractivity contribution in [2.75, 3.05) is 13.2 Å². The summed E-state index contributed by atoms with van der Waals surface area (Å²) in [6, 6.07) is 0. The molecule has 1 fully saturated rings. The minimum atomic E-state index is -0.161. The van der Waals surface area contributed by atoms with Crippen molar-refractivity contribution in [1.82, 2.24) is 0 Å². The lowest BCUT2D eigenvalue weighted by molar-refractivity contribution is -0.149. The van der Waals surface area contributed by atoms with Gasteiger partial charge in [0, 0.05) is 6.92 Å². The van der Waals surface area contributed by atoms with E-state index in [-0.39, 0.29) is 17.9 Å². The number of hydrogen-bond donors (Lipinski definition) is 0. The van der Waals surface area contributed by atoms with E-state index in [0.717, 1.165) is 25.7 Å². The first-order valence-corrected chi connectivity index (χ1v) is 13.4. The van der Waals surface area contributed by atoms with Crippen LogP contribution in [0, 0.1) is 5.92 Å². The quantitative estimate of drug-likeness (QED) is 0.169. The van der Waals surface area contributed by atoms with Gasteiger partial charge < -0.3 is 9.47 Å². The van der Waals surface area contributed by atoms with Gasteiger partial charge in [0.2, 0.25) is 0 Å². The van der Waals surface area contributed by atoms with Crippen LogP contribution < -0.4 is 0 Å². The highest BCUT2D eigenvalue weighted by atomic mass is 16.5. The first-order valence-electron chi connectivity index (χ1n) is 13.4. The van der Waals surface area contributed by atoms with Gasteiger partial charge in [-0.05, 0) is 25.7 Å². The normalized spacial score (nSPS) is 13.9. The summed E-state index contributed by atoms with van der Waals surface area (Å²) in [6.07, 6.45) is 23.5. The van der Waals surface area contributed by atoms with Gasteiger partial charge >= 0.3 is 11.9 Å². The number of carbonyl (C=O) groups excluding carboxylic acids is 2.